The van der Waals surface area contributed by atoms with E-state index in [-0.39, 0.29) is 24.3 Å². The number of nitrogens with one attached hydrogen (secondary N) is 1. The predicted molar refractivity (Wildman–Crippen MR) is 83.9 cm³/mol. The topological polar surface area (TPSA) is 123 Å². The minimum atomic E-state index is -1.05. The lowest BCUT2D eigenvalue weighted by Gasteiger charge is -2.16. The van der Waals surface area contributed by atoms with E-state index in [0.29, 0.717) is 11.3 Å². The fraction of sp³-hybridized carbons (Fsp3) is 0.250. The molecule has 2 rings (SSSR count). The minimum absolute atomic E-state index is 0.0927. The number of ether oxygens (including phenoxy) is 1. The van der Waals surface area contributed by atoms with Gasteiger partial charge in [0.2, 0.25) is 0 Å². The quantitative estimate of drug-likeness (QED) is 0.456. The van der Waals surface area contributed by atoms with E-state index in [2.05, 4.69) is 4.98 Å². The first kappa shape index (κ1) is 17.2. The van der Waals surface area contributed by atoms with Crippen molar-refractivity contribution in [1.29, 1.82) is 0 Å². The van der Waals surface area contributed by atoms with Crippen molar-refractivity contribution in [1.82, 2.24) is 4.98 Å². The maximum Gasteiger partial charge on any atom is 0.339 e. The number of rotatable bonds is 7. The van der Waals surface area contributed by atoms with Gasteiger partial charge in [0.15, 0.2) is 0 Å². The van der Waals surface area contributed by atoms with Gasteiger partial charge in [0.25, 0.3) is 5.69 Å². The fourth-order valence-electron chi connectivity index (χ4n) is 2.45. The Hall–Kier alpha value is -3.16. The van der Waals surface area contributed by atoms with Crippen molar-refractivity contribution in [2.75, 3.05) is 6.61 Å². The molecule has 8 nitrogen and oxygen atoms in total. The van der Waals surface area contributed by atoms with Gasteiger partial charge < -0.3 is 14.8 Å². The van der Waals surface area contributed by atoms with Crippen molar-refractivity contribution < 1.29 is 24.4 Å². The van der Waals surface area contributed by atoms with Gasteiger partial charge in [-0.2, -0.15) is 0 Å². The zero-order valence-corrected chi connectivity index (χ0v) is 12.9. The Morgan fingerprint density at radius 3 is 2.50 bits per heavy atom. The number of nitro benzene ring substituents is 1. The normalized spacial score (nSPS) is 11.7. The van der Waals surface area contributed by atoms with Gasteiger partial charge in [-0.3, -0.25) is 14.9 Å². The van der Waals surface area contributed by atoms with Gasteiger partial charge in [-0.1, -0.05) is 12.1 Å². The van der Waals surface area contributed by atoms with E-state index in [1.807, 2.05) is 0 Å². The minimum Gasteiger partial charge on any atom is -0.481 e. The molecule has 24 heavy (non-hydrogen) atoms. The molecule has 0 aliphatic heterocycles. The second-order valence-electron chi connectivity index (χ2n) is 5.02. The molecular weight excluding hydrogens is 316 g/mol. The van der Waals surface area contributed by atoms with Gasteiger partial charge in [-0.15, -0.1) is 0 Å². The van der Waals surface area contributed by atoms with E-state index < -0.39 is 22.8 Å². The number of carbonyl (C=O) groups is 2. The van der Waals surface area contributed by atoms with Gasteiger partial charge in [0.05, 0.1) is 23.5 Å². The summed E-state index contributed by atoms with van der Waals surface area (Å²) < 4.78 is 4.97. The SMILES string of the molecule is CCOC(=O)c1cc[nH]c1C(CC(=O)O)c1ccc([N+](=O)[O-])cc1. The van der Waals surface area contributed by atoms with Crippen LogP contribution in [0.25, 0.3) is 0 Å². The molecule has 2 aromatic rings. The maximum atomic E-state index is 12.0. The number of aromatic nitrogens is 1. The summed E-state index contributed by atoms with van der Waals surface area (Å²) in [6.07, 6.45) is 1.26. The van der Waals surface area contributed by atoms with E-state index in [1.165, 1.54) is 36.5 Å². The summed E-state index contributed by atoms with van der Waals surface area (Å²) in [5.74, 6) is -2.26. The summed E-state index contributed by atoms with van der Waals surface area (Å²) in [4.78, 5) is 36.3. The molecule has 0 amide bonds. The van der Waals surface area contributed by atoms with E-state index in [1.54, 1.807) is 6.92 Å². The maximum absolute atomic E-state index is 12.0. The zero-order valence-electron chi connectivity index (χ0n) is 12.9. The largest absolute Gasteiger partial charge is 0.481 e. The third kappa shape index (κ3) is 3.78. The number of hydrogen-bond acceptors (Lipinski definition) is 5. The fourth-order valence-corrected chi connectivity index (χ4v) is 2.45. The first-order valence-corrected chi connectivity index (χ1v) is 7.24. The lowest BCUT2D eigenvalue weighted by atomic mass is 9.90. The number of carbonyl (C=O) groups excluding carboxylic acids is 1. The Morgan fingerprint density at radius 1 is 1.29 bits per heavy atom. The molecule has 0 radical (unpaired) electrons. The average Bonchev–Trinajstić information content (AvgIpc) is 3.02. The molecule has 1 atom stereocenters. The monoisotopic (exact) mass is 332 g/mol. The third-order valence-corrected chi connectivity index (χ3v) is 3.51. The number of aliphatic carboxylic acids is 1. The highest BCUT2D eigenvalue weighted by Gasteiger charge is 2.25. The molecule has 126 valence electrons. The Bertz CT molecular complexity index is 750. The molecular formula is C16H16N2O6. The van der Waals surface area contributed by atoms with Gasteiger partial charge in [0, 0.05) is 29.9 Å². The summed E-state index contributed by atoms with van der Waals surface area (Å²) in [5, 5.41) is 19.9. The number of nitro groups is 1. The van der Waals surface area contributed by atoms with Crippen LogP contribution < -0.4 is 0 Å². The van der Waals surface area contributed by atoms with E-state index in [9.17, 15) is 24.8 Å². The number of hydrogen-bond donors (Lipinski definition) is 2. The van der Waals surface area contributed by atoms with Crippen LogP contribution in [0.5, 0.6) is 0 Å². The van der Waals surface area contributed by atoms with Gasteiger partial charge in [-0.25, -0.2) is 4.79 Å². The summed E-state index contributed by atoms with van der Waals surface area (Å²) in [5.41, 5.74) is 1.12. The Morgan fingerprint density at radius 2 is 1.96 bits per heavy atom. The first-order valence-electron chi connectivity index (χ1n) is 7.24. The number of nitrogens with zero attached hydrogens (tertiary/aromatic N) is 1. The number of non-ortho nitro benzene ring substituents is 1. The first-order chi connectivity index (χ1) is 11.4. The molecule has 2 N–H and O–H groups in total. The van der Waals surface area contributed by atoms with Crippen LogP contribution >= 0.6 is 0 Å². The number of carboxylic acid groups (broad SMARTS) is 1. The Balaban J connectivity index is 2.43. The number of carboxylic acids is 1. The Kier molecular flexibility index (Phi) is 5.31. The summed E-state index contributed by atoms with van der Waals surface area (Å²) in [6.45, 7) is 1.87. The van der Waals surface area contributed by atoms with Crippen LogP contribution in [0.3, 0.4) is 0 Å². The highest BCUT2D eigenvalue weighted by Crippen LogP contribution is 2.31. The van der Waals surface area contributed by atoms with Crippen LogP contribution in [0.15, 0.2) is 36.5 Å². The van der Waals surface area contributed by atoms with Crippen molar-refractivity contribution in [3.8, 4) is 0 Å². The Labute approximate surface area is 137 Å². The van der Waals surface area contributed by atoms with Gasteiger partial charge >= 0.3 is 11.9 Å². The van der Waals surface area contributed by atoms with E-state index in [0.717, 1.165) is 0 Å². The van der Waals surface area contributed by atoms with Crippen LogP contribution in [0.4, 0.5) is 5.69 Å². The van der Waals surface area contributed by atoms with Crippen molar-refractivity contribution in [2.24, 2.45) is 0 Å². The molecule has 0 saturated heterocycles. The molecule has 0 saturated carbocycles. The standard InChI is InChI=1S/C16H16N2O6/c1-2-24-16(21)12-7-8-17-15(12)13(9-14(19)20)10-3-5-11(6-4-10)18(22)23/h3-8,13,17H,2,9H2,1H3,(H,19,20). The molecule has 0 spiro atoms. The van der Waals surface area contributed by atoms with Crippen LogP contribution in [-0.4, -0.2) is 33.6 Å². The summed E-state index contributed by atoms with van der Waals surface area (Å²) in [6, 6.07) is 7.10. The van der Waals surface area contributed by atoms with Crippen molar-refractivity contribution in [3.63, 3.8) is 0 Å². The molecule has 0 aliphatic rings. The lowest BCUT2D eigenvalue weighted by molar-refractivity contribution is -0.384. The predicted octanol–water partition coefficient (Wildman–Crippen LogP) is 2.71. The second kappa shape index (κ2) is 7.40. The van der Waals surface area contributed by atoms with Gasteiger partial charge in [-0.05, 0) is 18.6 Å². The van der Waals surface area contributed by atoms with E-state index in [4.69, 9.17) is 4.74 Å². The van der Waals surface area contributed by atoms with Crippen LogP contribution in [-0.2, 0) is 9.53 Å². The number of benzene rings is 1. The van der Waals surface area contributed by atoms with Crippen molar-refractivity contribution >= 4 is 17.6 Å². The molecule has 0 aliphatic carbocycles. The third-order valence-electron chi connectivity index (χ3n) is 3.51. The number of aromatic amines is 1. The smallest absolute Gasteiger partial charge is 0.339 e. The molecule has 1 unspecified atom stereocenters. The van der Waals surface area contributed by atoms with Gasteiger partial charge in [0.1, 0.15) is 0 Å². The molecule has 1 aromatic carbocycles. The second-order valence-corrected chi connectivity index (χ2v) is 5.02. The zero-order chi connectivity index (χ0) is 17.7. The number of esters is 1. The van der Waals surface area contributed by atoms with Crippen LogP contribution in [0.2, 0.25) is 0 Å². The molecule has 0 fully saturated rings. The highest BCUT2D eigenvalue weighted by molar-refractivity contribution is 5.91. The molecule has 8 heteroatoms. The van der Waals surface area contributed by atoms with Crippen LogP contribution in [0.1, 0.15) is 40.9 Å². The molecule has 1 heterocycles. The number of H-pyrrole nitrogens is 1. The molecule has 1 aromatic heterocycles. The summed E-state index contributed by atoms with van der Waals surface area (Å²) in [7, 11) is 0. The summed E-state index contributed by atoms with van der Waals surface area (Å²) >= 11 is 0. The van der Waals surface area contributed by atoms with Crippen LogP contribution in [0, 0.1) is 10.1 Å². The molecule has 0 bridgehead atoms. The highest BCUT2D eigenvalue weighted by atomic mass is 16.6. The van der Waals surface area contributed by atoms with Crippen molar-refractivity contribution in [2.45, 2.75) is 19.3 Å². The lowest BCUT2D eigenvalue weighted by Crippen LogP contribution is -2.14. The van der Waals surface area contributed by atoms with E-state index >= 15 is 0 Å². The average molecular weight is 332 g/mol. The van der Waals surface area contributed by atoms with Crippen molar-refractivity contribution in [3.05, 3.63) is 63.5 Å².